The molecule has 1 aromatic heterocycles. The molecule has 194 valence electrons. The average Bonchev–Trinajstić information content (AvgIpc) is 2.84. The molecule has 1 N–H and O–H groups in total. The minimum Gasteiger partial charge on any atom is -0.355 e. The summed E-state index contributed by atoms with van der Waals surface area (Å²) in [6.07, 6.45) is 7.97. The Hall–Kier alpha value is -2.65. The number of halogens is 1. The van der Waals surface area contributed by atoms with Crippen molar-refractivity contribution < 1.29 is 18.0 Å². The van der Waals surface area contributed by atoms with Gasteiger partial charge < -0.3 is 15.1 Å². The Labute approximate surface area is 217 Å². The number of rotatable bonds is 6. The summed E-state index contributed by atoms with van der Waals surface area (Å²) in [5.41, 5.74) is 0.696. The molecule has 0 bridgehead atoms. The highest BCUT2D eigenvalue weighted by Gasteiger charge is 2.29. The third kappa shape index (κ3) is 6.37. The molecule has 36 heavy (non-hydrogen) atoms. The summed E-state index contributed by atoms with van der Waals surface area (Å²) in [5, 5.41) is 3.26. The van der Waals surface area contributed by atoms with Gasteiger partial charge in [-0.15, -0.1) is 0 Å². The van der Waals surface area contributed by atoms with E-state index in [4.69, 9.17) is 11.6 Å². The number of nitrogens with one attached hydrogen (secondary N) is 1. The fraction of sp³-hybridized carbons (Fsp3) is 0.500. The SMILES string of the molecule is C[C@H]1CCCCN1C(=O)CC1CCN(c2ncc(S(C)(=O)=O)cc2NC(=O)c2cccc(Cl)c2)CC1. The van der Waals surface area contributed by atoms with Crippen molar-refractivity contribution in [1.82, 2.24) is 9.88 Å². The van der Waals surface area contributed by atoms with E-state index in [1.165, 1.54) is 18.7 Å². The lowest BCUT2D eigenvalue weighted by Crippen LogP contribution is -2.43. The molecular formula is C26H33ClN4O4S. The van der Waals surface area contributed by atoms with Crippen LogP contribution in [-0.4, -0.2) is 62.0 Å². The Morgan fingerprint density at radius 3 is 2.53 bits per heavy atom. The van der Waals surface area contributed by atoms with Gasteiger partial charge in [-0.2, -0.15) is 0 Å². The van der Waals surface area contributed by atoms with Crippen LogP contribution in [0.25, 0.3) is 0 Å². The van der Waals surface area contributed by atoms with Crippen LogP contribution in [0.5, 0.6) is 0 Å². The summed E-state index contributed by atoms with van der Waals surface area (Å²) < 4.78 is 24.3. The fourth-order valence-electron chi connectivity index (χ4n) is 4.99. The van der Waals surface area contributed by atoms with Crippen LogP contribution in [0.4, 0.5) is 11.5 Å². The maximum Gasteiger partial charge on any atom is 0.255 e. The van der Waals surface area contributed by atoms with Crippen molar-refractivity contribution in [3.63, 3.8) is 0 Å². The van der Waals surface area contributed by atoms with Crippen LogP contribution in [0.15, 0.2) is 41.4 Å². The van der Waals surface area contributed by atoms with Gasteiger partial charge in [-0.25, -0.2) is 13.4 Å². The summed E-state index contributed by atoms with van der Waals surface area (Å²) >= 11 is 6.03. The lowest BCUT2D eigenvalue weighted by atomic mass is 9.92. The smallest absolute Gasteiger partial charge is 0.255 e. The predicted molar refractivity (Wildman–Crippen MR) is 141 cm³/mol. The maximum atomic E-state index is 12.9. The summed E-state index contributed by atoms with van der Waals surface area (Å²) in [6.45, 7) is 4.31. The molecule has 1 aromatic carbocycles. The number of carbonyl (C=O) groups excluding carboxylic acids is 2. The van der Waals surface area contributed by atoms with Gasteiger partial charge in [0.05, 0.1) is 10.6 Å². The Balaban J connectivity index is 1.47. The molecule has 0 spiro atoms. The van der Waals surface area contributed by atoms with E-state index < -0.39 is 15.7 Å². The summed E-state index contributed by atoms with van der Waals surface area (Å²) in [5.74, 6) is 0.656. The second-order valence-corrected chi connectivity index (χ2v) is 12.3. The molecule has 2 aliphatic heterocycles. The number of likely N-dealkylation sites (tertiary alicyclic amines) is 1. The highest BCUT2D eigenvalue weighted by Crippen LogP contribution is 2.32. The Bertz CT molecular complexity index is 1230. The van der Waals surface area contributed by atoms with Crippen molar-refractivity contribution in [3.8, 4) is 0 Å². The number of benzene rings is 1. The number of anilines is 2. The number of hydrogen-bond acceptors (Lipinski definition) is 6. The molecule has 2 fully saturated rings. The first-order chi connectivity index (χ1) is 17.1. The second-order valence-electron chi connectivity index (χ2n) is 9.85. The lowest BCUT2D eigenvalue weighted by Gasteiger charge is -2.37. The van der Waals surface area contributed by atoms with Crippen LogP contribution < -0.4 is 10.2 Å². The van der Waals surface area contributed by atoms with Gasteiger partial charge in [0.2, 0.25) is 5.91 Å². The van der Waals surface area contributed by atoms with Crippen LogP contribution in [0.1, 0.15) is 55.8 Å². The number of carbonyl (C=O) groups is 2. The fourth-order valence-corrected chi connectivity index (χ4v) is 5.76. The van der Waals surface area contributed by atoms with Gasteiger partial charge in [-0.1, -0.05) is 17.7 Å². The van der Waals surface area contributed by atoms with Crippen LogP contribution in [0.2, 0.25) is 5.02 Å². The van der Waals surface area contributed by atoms with Crippen molar-refractivity contribution >= 4 is 44.8 Å². The predicted octanol–water partition coefficient (Wildman–Crippen LogP) is 4.40. The van der Waals surface area contributed by atoms with Crippen molar-refractivity contribution in [1.29, 1.82) is 0 Å². The summed E-state index contributed by atoms with van der Waals surface area (Å²) in [4.78, 5) is 34.3. The van der Waals surface area contributed by atoms with E-state index in [1.54, 1.807) is 24.3 Å². The van der Waals surface area contributed by atoms with E-state index in [2.05, 4.69) is 17.2 Å². The Morgan fingerprint density at radius 2 is 1.86 bits per heavy atom. The average molecular weight is 533 g/mol. The number of nitrogens with zero attached hydrogens (tertiary/aromatic N) is 3. The number of pyridine rings is 1. The van der Waals surface area contributed by atoms with Crippen molar-refractivity contribution in [2.24, 2.45) is 5.92 Å². The van der Waals surface area contributed by atoms with Gasteiger partial charge in [-0.3, -0.25) is 9.59 Å². The molecule has 2 aliphatic rings. The van der Waals surface area contributed by atoms with Gasteiger partial charge in [-0.05, 0) is 69.2 Å². The first kappa shape index (κ1) is 26.4. The van der Waals surface area contributed by atoms with Gasteiger partial charge in [0, 0.05) is 55.1 Å². The molecule has 8 nitrogen and oxygen atoms in total. The number of sulfone groups is 1. The van der Waals surface area contributed by atoms with Gasteiger partial charge in [0.25, 0.3) is 5.91 Å². The summed E-state index contributed by atoms with van der Waals surface area (Å²) in [6, 6.07) is 8.31. The van der Waals surface area contributed by atoms with Gasteiger partial charge >= 0.3 is 0 Å². The molecular weight excluding hydrogens is 500 g/mol. The molecule has 10 heteroatoms. The number of hydrogen-bond donors (Lipinski definition) is 1. The van der Waals surface area contributed by atoms with Crippen LogP contribution >= 0.6 is 11.6 Å². The van der Waals surface area contributed by atoms with E-state index in [0.717, 1.165) is 38.5 Å². The molecule has 3 heterocycles. The number of piperidine rings is 2. The molecule has 2 aromatic rings. The zero-order valence-corrected chi connectivity index (χ0v) is 22.3. The number of aromatic nitrogens is 1. The standard InChI is InChI=1S/C26H33ClN4O4S/c1-18-6-3-4-11-31(18)24(32)14-19-9-12-30(13-10-19)25-23(16-22(17-28-25)36(2,34)35)29-26(33)20-7-5-8-21(27)15-20/h5,7-8,15-19H,3-4,6,9-14H2,1-2H3,(H,29,33)/t18-/m0/s1. The minimum atomic E-state index is -3.51. The number of amides is 2. The maximum absolute atomic E-state index is 12.9. The van der Waals surface area contributed by atoms with E-state index in [0.29, 0.717) is 53.6 Å². The molecule has 2 amide bonds. The van der Waals surface area contributed by atoms with Crippen LogP contribution in [-0.2, 0) is 14.6 Å². The molecule has 0 unspecified atom stereocenters. The first-order valence-corrected chi connectivity index (χ1v) is 14.7. The largest absolute Gasteiger partial charge is 0.355 e. The van der Waals surface area contributed by atoms with E-state index in [-0.39, 0.29) is 10.8 Å². The molecule has 4 rings (SSSR count). The highest BCUT2D eigenvalue weighted by molar-refractivity contribution is 7.90. The van der Waals surface area contributed by atoms with Crippen LogP contribution in [0.3, 0.4) is 0 Å². The normalized spacial score (nSPS) is 19.2. The molecule has 1 atom stereocenters. The highest BCUT2D eigenvalue weighted by atomic mass is 35.5. The Morgan fingerprint density at radius 1 is 1.11 bits per heavy atom. The van der Waals surface area contributed by atoms with E-state index in [1.807, 2.05) is 9.80 Å². The second kappa shape index (κ2) is 11.2. The quantitative estimate of drug-likeness (QED) is 0.592. The lowest BCUT2D eigenvalue weighted by molar-refractivity contribution is -0.135. The van der Waals surface area contributed by atoms with E-state index in [9.17, 15) is 18.0 Å². The zero-order chi connectivity index (χ0) is 25.9. The van der Waals surface area contributed by atoms with Crippen molar-refractivity contribution in [3.05, 3.63) is 47.1 Å². The topological polar surface area (TPSA) is 99.7 Å². The first-order valence-electron chi connectivity index (χ1n) is 12.4. The minimum absolute atomic E-state index is 0.0313. The summed E-state index contributed by atoms with van der Waals surface area (Å²) in [7, 11) is -3.51. The van der Waals surface area contributed by atoms with Crippen molar-refractivity contribution in [2.75, 3.05) is 36.1 Å². The molecule has 0 saturated carbocycles. The monoisotopic (exact) mass is 532 g/mol. The third-order valence-electron chi connectivity index (χ3n) is 7.11. The van der Waals surface area contributed by atoms with Gasteiger partial charge in [0.15, 0.2) is 15.7 Å². The molecule has 0 radical (unpaired) electrons. The van der Waals surface area contributed by atoms with E-state index >= 15 is 0 Å². The van der Waals surface area contributed by atoms with Gasteiger partial charge in [0.1, 0.15) is 0 Å². The molecule has 2 saturated heterocycles. The van der Waals surface area contributed by atoms with Crippen molar-refractivity contribution in [2.45, 2.75) is 56.4 Å². The Kier molecular flexibility index (Phi) is 8.20. The molecule has 0 aliphatic carbocycles. The zero-order valence-electron chi connectivity index (χ0n) is 20.7. The van der Waals surface area contributed by atoms with Crippen LogP contribution in [0, 0.1) is 5.92 Å². The third-order valence-corrected chi connectivity index (χ3v) is 8.42.